The normalized spacial score (nSPS) is 12.2. The van der Waals surface area contributed by atoms with Crippen molar-refractivity contribution in [1.82, 2.24) is 0 Å². The Labute approximate surface area is 193 Å². The minimum atomic E-state index is -3.80. The van der Waals surface area contributed by atoms with Crippen molar-refractivity contribution in [2.24, 2.45) is 0 Å². The summed E-state index contributed by atoms with van der Waals surface area (Å²) in [6.07, 6.45) is -0.730. The molecule has 0 radical (unpaired) electrons. The molecule has 32 heavy (non-hydrogen) atoms. The molecule has 0 aliphatic carbocycles. The molecule has 1 unspecified atom stereocenters. The zero-order chi connectivity index (χ0) is 23.5. The highest BCUT2D eigenvalue weighted by Gasteiger charge is 2.18. The maximum atomic E-state index is 12.6. The summed E-state index contributed by atoms with van der Waals surface area (Å²) in [4.78, 5) is 12.6. The van der Waals surface area contributed by atoms with E-state index in [9.17, 15) is 13.2 Å². The van der Waals surface area contributed by atoms with Gasteiger partial charge in [0.1, 0.15) is 5.75 Å². The molecule has 0 saturated carbocycles. The van der Waals surface area contributed by atoms with E-state index in [1.807, 2.05) is 39.0 Å². The number of ether oxygens (including phenoxy) is 1. The number of halogens is 1. The summed E-state index contributed by atoms with van der Waals surface area (Å²) < 4.78 is 33.6. The molecule has 0 saturated heterocycles. The molecule has 8 heteroatoms. The molecule has 2 N–H and O–H groups in total. The molecule has 3 aromatic rings. The molecule has 1 atom stereocenters. The van der Waals surface area contributed by atoms with E-state index in [0.29, 0.717) is 22.1 Å². The first-order valence-corrected chi connectivity index (χ1v) is 11.9. The van der Waals surface area contributed by atoms with Crippen LogP contribution < -0.4 is 14.8 Å². The van der Waals surface area contributed by atoms with Gasteiger partial charge in [-0.15, -0.1) is 0 Å². The topological polar surface area (TPSA) is 84.5 Å². The van der Waals surface area contributed by atoms with Gasteiger partial charge in [-0.2, -0.15) is 0 Å². The van der Waals surface area contributed by atoms with Crippen LogP contribution in [0.5, 0.6) is 5.75 Å². The number of rotatable bonds is 7. The molecule has 0 aliphatic heterocycles. The number of anilines is 2. The van der Waals surface area contributed by atoms with Crippen molar-refractivity contribution in [2.45, 2.75) is 38.7 Å². The summed E-state index contributed by atoms with van der Waals surface area (Å²) in [6, 6.07) is 16.5. The summed E-state index contributed by atoms with van der Waals surface area (Å²) in [7, 11) is -3.80. The maximum Gasteiger partial charge on any atom is 0.265 e. The van der Waals surface area contributed by atoms with Gasteiger partial charge in [0.25, 0.3) is 15.9 Å². The zero-order valence-electron chi connectivity index (χ0n) is 18.3. The van der Waals surface area contributed by atoms with Crippen LogP contribution in [0.4, 0.5) is 11.4 Å². The summed E-state index contributed by atoms with van der Waals surface area (Å²) in [5.41, 5.74) is 3.74. The summed E-state index contributed by atoms with van der Waals surface area (Å²) in [5, 5.41) is 3.21. The standard InChI is InChI=1S/C24H25ClN2O4S/c1-15-6-5-7-23(17(15)3)31-18(4)24(28)26-19-10-12-21(13-11-19)32(29,30)27-20-9-8-16(2)22(25)14-20/h5-14,18,27H,1-4H3,(H,26,28). The Morgan fingerprint density at radius 3 is 2.25 bits per heavy atom. The Morgan fingerprint density at radius 1 is 0.938 bits per heavy atom. The van der Waals surface area contributed by atoms with Gasteiger partial charge < -0.3 is 10.1 Å². The van der Waals surface area contributed by atoms with Gasteiger partial charge in [-0.1, -0.05) is 29.8 Å². The van der Waals surface area contributed by atoms with E-state index < -0.39 is 16.1 Å². The third-order valence-electron chi connectivity index (χ3n) is 5.08. The lowest BCUT2D eigenvalue weighted by Crippen LogP contribution is -2.30. The highest BCUT2D eigenvalue weighted by molar-refractivity contribution is 7.92. The van der Waals surface area contributed by atoms with Crippen LogP contribution in [0.25, 0.3) is 0 Å². The van der Waals surface area contributed by atoms with Gasteiger partial charge in [-0.3, -0.25) is 9.52 Å². The van der Waals surface area contributed by atoms with Gasteiger partial charge in [-0.25, -0.2) is 8.42 Å². The lowest BCUT2D eigenvalue weighted by Gasteiger charge is -2.17. The van der Waals surface area contributed by atoms with Gasteiger partial charge in [-0.05, 0) is 86.8 Å². The summed E-state index contributed by atoms with van der Waals surface area (Å²) in [6.45, 7) is 7.41. The van der Waals surface area contributed by atoms with Gasteiger partial charge in [0.2, 0.25) is 0 Å². The lowest BCUT2D eigenvalue weighted by molar-refractivity contribution is -0.122. The van der Waals surface area contributed by atoms with Crippen LogP contribution >= 0.6 is 11.6 Å². The highest BCUT2D eigenvalue weighted by Crippen LogP contribution is 2.24. The minimum absolute atomic E-state index is 0.0619. The molecule has 6 nitrogen and oxygen atoms in total. The van der Waals surface area contributed by atoms with Crippen LogP contribution in [-0.4, -0.2) is 20.4 Å². The number of carbonyl (C=O) groups excluding carboxylic acids is 1. The van der Waals surface area contributed by atoms with E-state index >= 15 is 0 Å². The molecule has 0 heterocycles. The van der Waals surface area contributed by atoms with Crippen LogP contribution in [0.3, 0.4) is 0 Å². The Morgan fingerprint density at radius 2 is 1.59 bits per heavy atom. The molecule has 0 fully saturated rings. The van der Waals surface area contributed by atoms with Gasteiger partial charge >= 0.3 is 0 Å². The predicted molar refractivity (Wildman–Crippen MR) is 128 cm³/mol. The fraction of sp³-hybridized carbons (Fsp3) is 0.208. The number of carbonyl (C=O) groups is 1. The molecule has 168 valence electrons. The van der Waals surface area contributed by atoms with Crippen molar-refractivity contribution >= 4 is 38.9 Å². The van der Waals surface area contributed by atoms with Crippen molar-refractivity contribution in [3.05, 3.63) is 82.4 Å². The van der Waals surface area contributed by atoms with E-state index in [4.69, 9.17) is 16.3 Å². The Balaban J connectivity index is 1.66. The van der Waals surface area contributed by atoms with E-state index in [0.717, 1.165) is 16.7 Å². The SMILES string of the molecule is Cc1ccc(NS(=O)(=O)c2ccc(NC(=O)C(C)Oc3cccc(C)c3C)cc2)cc1Cl. The molecule has 0 aliphatic rings. The maximum absolute atomic E-state index is 12.6. The van der Waals surface area contributed by atoms with Crippen LogP contribution in [0.2, 0.25) is 5.02 Å². The molecule has 0 spiro atoms. The minimum Gasteiger partial charge on any atom is -0.481 e. The second-order valence-electron chi connectivity index (χ2n) is 7.54. The molecular weight excluding hydrogens is 448 g/mol. The zero-order valence-corrected chi connectivity index (χ0v) is 19.8. The van der Waals surface area contributed by atoms with Crippen molar-refractivity contribution < 1.29 is 17.9 Å². The quantitative estimate of drug-likeness (QED) is 0.477. The predicted octanol–water partition coefficient (Wildman–Crippen LogP) is 5.47. The Hall–Kier alpha value is -3.03. The first kappa shape index (κ1) is 23.6. The summed E-state index contributed by atoms with van der Waals surface area (Å²) in [5.74, 6) is 0.310. The summed E-state index contributed by atoms with van der Waals surface area (Å²) >= 11 is 6.07. The smallest absolute Gasteiger partial charge is 0.265 e. The molecule has 3 aromatic carbocycles. The van der Waals surface area contributed by atoms with Crippen LogP contribution in [0.1, 0.15) is 23.6 Å². The van der Waals surface area contributed by atoms with Crippen LogP contribution in [0, 0.1) is 20.8 Å². The Bertz CT molecular complexity index is 1240. The molecule has 1 amide bonds. The number of amides is 1. The van der Waals surface area contributed by atoms with E-state index in [1.54, 1.807) is 25.1 Å². The second kappa shape index (κ2) is 9.63. The van der Waals surface area contributed by atoms with Crippen molar-refractivity contribution in [3.8, 4) is 5.75 Å². The molecular formula is C24H25ClN2O4S. The third kappa shape index (κ3) is 5.60. The van der Waals surface area contributed by atoms with E-state index in [2.05, 4.69) is 10.0 Å². The largest absolute Gasteiger partial charge is 0.481 e. The number of nitrogens with one attached hydrogen (secondary N) is 2. The van der Waals surface area contributed by atoms with E-state index in [1.165, 1.54) is 24.3 Å². The number of aryl methyl sites for hydroxylation is 2. The average molecular weight is 473 g/mol. The van der Waals surface area contributed by atoms with Crippen molar-refractivity contribution in [2.75, 3.05) is 10.0 Å². The fourth-order valence-corrected chi connectivity index (χ4v) is 4.16. The van der Waals surface area contributed by atoms with Gasteiger partial charge in [0, 0.05) is 10.7 Å². The Kier molecular flexibility index (Phi) is 7.11. The van der Waals surface area contributed by atoms with Gasteiger partial charge in [0.15, 0.2) is 6.10 Å². The number of hydrogen-bond donors (Lipinski definition) is 2. The second-order valence-corrected chi connectivity index (χ2v) is 9.63. The lowest BCUT2D eigenvalue weighted by atomic mass is 10.1. The molecule has 0 aromatic heterocycles. The highest BCUT2D eigenvalue weighted by atomic mass is 35.5. The van der Waals surface area contributed by atoms with E-state index in [-0.39, 0.29) is 10.8 Å². The van der Waals surface area contributed by atoms with Crippen molar-refractivity contribution in [1.29, 1.82) is 0 Å². The number of sulfonamides is 1. The average Bonchev–Trinajstić information content (AvgIpc) is 2.74. The molecule has 3 rings (SSSR count). The first-order chi connectivity index (χ1) is 15.1. The van der Waals surface area contributed by atoms with Crippen molar-refractivity contribution in [3.63, 3.8) is 0 Å². The molecule has 0 bridgehead atoms. The third-order valence-corrected chi connectivity index (χ3v) is 6.89. The first-order valence-electron chi connectivity index (χ1n) is 9.99. The van der Waals surface area contributed by atoms with Crippen LogP contribution in [0.15, 0.2) is 65.6 Å². The fourth-order valence-electron chi connectivity index (χ4n) is 2.93. The number of benzene rings is 3. The monoisotopic (exact) mass is 472 g/mol. The number of hydrogen-bond acceptors (Lipinski definition) is 4. The van der Waals surface area contributed by atoms with Crippen LogP contribution in [-0.2, 0) is 14.8 Å². The van der Waals surface area contributed by atoms with Gasteiger partial charge in [0.05, 0.1) is 10.6 Å².